The first-order chi connectivity index (χ1) is 19.7. The van der Waals surface area contributed by atoms with E-state index in [4.69, 9.17) is 0 Å². The number of phenols is 1. The van der Waals surface area contributed by atoms with Gasteiger partial charge in [-0.25, -0.2) is 0 Å². The zero-order valence-electron chi connectivity index (χ0n) is 22.9. The number of nitrogens with zero attached hydrogens (tertiary/aromatic N) is 2. The molecule has 0 saturated carbocycles. The van der Waals surface area contributed by atoms with Crippen LogP contribution in [-0.4, -0.2) is 15.1 Å². The molecule has 1 unspecified atom stereocenters. The number of anilines is 1. The van der Waals surface area contributed by atoms with Crippen molar-refractivity contribution < 1.29 is 15.1 Å². The van der Waals surface area contributed by atoms with Crippen LogP contribution in [0, 0.1) is 10.1 Å². The lowest BCUT2D eigenvalue weighted by Gasteiger charge is -2.44. The van der Waals surface area contributed by atoms with E-state index in [0.29, 0.717) is 12.1 Å². The number of rotatable bonds is 6. The Morgan fingerprint density at radius 2 is 1.27 bits per heavy atom. The average molecular weight is 543 g/mol. The minimum absolute atomic E-state index is 0.0603. The fraction of sp³-hybridized carbons (Fsp3) is 0.143. The molecule has 5 aromatic rings. The van der Waals surface area contributed by atoms with Crippen molar-refractivity contribution in [2.75, 3.05) is 4.90 Å². The van der Waals surface area contributed by atoms with Crippen molar-refractivity contribution in [3.05, 3.63) is 148 Å². The molecule has 0 radical (unpaired) electrons. The Morgan fingerprint density at radius 3 is 1.90 bits per heavy atom. The molecule has 41 heavy (non-hydrogen) atoms. The zero-order valence-corrected chi connectivity index (χ0v) is 22.9. The van der Waals surface area contributed by atoms with Gasteiger partial charge in [0, 0.05) is 40.9 Å². The van der Waals surface area contributed by atoms with Crippen molar-refractivity contribution in [1.82, 2.24) is 0 Å². The number of para-hydroxylation sites is 1. The predicted molar refractivity (Wildman–Crippen MR) is 162 cm³/mol. The molecule has 1 aliphatic rings. The quantitative estimate of drug-likeness (QED) is 0.169. The minimum Gasteiger partial charge on any atom is -0.508 e. The van der Waals surface area contributed by atoms with Crippen molar-refractivity contribution in [3.63, 3.8) is 0 Å². The molecular weight excluding hydrogens is 512 g/mol. The summed E-state index contributed by atoms with van der Waals surface area (Å²) < 4.78 is 0. The SMILES string of the molecule is CC1(C)c2ccccc2N(Cc2cc(-c3ccc(-c4ccc([N+](=O)[O-])cc4)cc3)ccc2O)C1(O)c1ccccc1. The number of aromatic hydroxyl groups is 1. The van der Waals surface area contributed by atoms with Crippen LogP contribution >= 0.6 is 0 Å². The van der Waals surface area contributed by atoms with Crippen LogP contribution in [-0.2, 0) is 17.7 Å². The summed E-state index contributed by atoms with van der Waals surface area (Å²) in [5.74, 6) is 0.161. The number of nitro groups is 1. The summed E-state index contributed by atoms with van der Waals surface area (Å²) in [6.45, 7) is 4.41. The maximum absolute atomic E-state index is 12.5. The third kappa shape index (κ3) is 4.33. The van der Waals surface area contributed by atoms with Crippen LogP contribution in [0.2, 0.25) is 0 Å². The van der Waals surface area contributed by atoms with E-state index in [1.54, 1.807) is 18.2 Å². The molecular formula is C35H30N2O4. The Hall–Kier alpha value is -4.94. The summed E-state index contributed by atoms with van der Waals surface area (Å²) >= 11 is 0. The lowest BCUT2D eigenvalue weighted by Crippen LogP contribution is -2.52. The molecule has 204 valence electrons. The van der Waals surface area contributed by atoms with Crippen molar-refractivity contribution in [2.45, 2.75) is 31.5 Å². The number of benzene rings is 5. The second-order valence-electron chi connectivity index (χ2n) is 11.0. The van der Waals surface area contributed by atoms with Gasteiger partial charge in [0.2, 0.25) is 0 Å². The van der Waals surface area contributed by atoms with Gasteiger partial charge in [-0.05, 0) is 58.1 Å². The second kappa shape index (κ2) is 9.91. The van der Waals surface area contributed by atoms with Crippen molar-refractivity contribution in [2.24, 2.45) is 0 Å². The lowest BCUT2D eigenvalue weighted by molar-refractivity contribution is -0.384. The van der Waals surface area contributed by atoms with E-state index in [1.165, 1.54) is 12.1 Å². The third-order valence-electron chi connectivity index (χ3n) is 8.34. The van der Waals surface area contributed by atoms with Gasteiger partial charge >= 0.3 is 0 Å². The molecule has 1 aliphatic heterocycles. The molecule has 0 saturated heterocycles. The van der Waals surface area contributed by atoms with Crippen molar-refractivity contribution >= 4 is 11.4 Å². The number of aliphatic hydroxyl groups is 1. The van der Waals surface area contributed by atoms with Gasteiger partial charge in [0.15, 0.2) is 5.72 Å². The van der Waals surface area contributed by atoms with E-state index in [1.807, 2.05) is 89.8 Å². The molecule has 0 aliphatic carbocycles. The van der Waals surface area contributed by atoms with Gasteiger partial charge < -0.3 is 15.1 Å². The van der Waals surface area contributed by atoms with Crippen LogP contribution in [0.25, 0.3) is 22.3 Å². The average Bonchev–Trinajstić information content (AvgIpc) is 3.17. The van der Waals surface area contributed by atoms with Gasteiger partial charge in [-0.3, -0.25) is 10.1 Å². The molecule has 0 bridgehead atoms. The molecule has 1 heterocycles. The topological polar surface area (TPSA) is 86.8 Å². The summed E-state index contributed by atoms with van der Waals surface area (Å²) in [5.41, 5.74) is 5.31. The largest absolute Gasteiger partial charge is 0.508 e. The van der Waals surface area contributed by atoms with E-state index < -0.39 is 16.1 Å². The number of fused-ring (bicyclic) bond motifs is 1. The molecule has 6 heteroatoms. The molecule has 0 amide bonds. The van der Waals surface area contributed by atoms with E-state index in [0.717, 1.165) is 39.1 Å². The summed E-state index contributed by atoms with van der Waals surface area (Å²) in [6, 6.07) is 37.8. The predicted octanol–water partition coefficient (Wildman–Crippen LogP) is 7.78. The highest BCUT2D eigenvalue weighted by Gasteiger charge is 2.57. The van der Waals surface area contributed by atoms with Crippen molar-refractivity contribution in [3.8, 4) is 28.0 Å². The number of hydrogen-bond acceptors (Lipinski definition) is 5. The Labute approximate surface area is 238 Å². The Morgan fingerprint density at radius 1 is 0.732 bits per heavy atom. The van der Waals surface area contributed by atoms with E-state index >= 15 is 0 Å². The summed E-state index contributed by atoms with van der Waals surface area (Å²) in [6.07, 6.45) is 0. The second-order valence-corrected chi connectivity index (χ2v) is 11.0. The molecule has 6 rings (SSSR count). The molecule has 5 aromatic carbocycles. The molecule has 6 nitrogen and oxygen atoms in total. The molecule has 0 aromatic heterocycles. The molecule has 0 spiro atoms. The Balaban J connectivity index is 1.35. The lowest BCUT2D eigenvalue weighted by atomic mass is 9.74. The standard InChI is InChI=1S/C35H30N2O4/c1-34(2)31-10-6-7-11-32(31)36(35(34,39)29-8-4-3-5-9-29)23-28-22-27(18-21-33(28)38)26-14-12-24(13-15-26)25-16-19-30(20-17-25)37(40)41/h3-22,38-39H,23H2,1-2H3. The Kier molecular flexibility index (Phi) is 6.36. The van der Waals surface area contributed by atoms with Gasteiger partial charge in [-0.15, -0.1) is 0 Å². The van der Waals surface area contributed by atoms with Gasteiger partial charge in [-0.1, -0.05) is 92.7 Å². The maximum atomic E-state index is 12.5. The minimum atomic E-state index is -1.34. The highest BCUT2D eigenvalue weighted by Crippen LogP contribution is 2.56. The third-order valence-corrected chi connectivity index (χ3v) is 8.34. The smallest absolute Gasteiger partial charge is 0.269 e. The maximum Gasteiger partial charge on any atom is 0.269 e. The first kappa shape index (κ1) is 26.3. The molecule has 1 atom stereocenters. The van der Waals surface area contributed by atoms with Crippen molar-refractivity contribution in [1.29, 1.82) is 0 Å². The van der Waals surface area contributed by atoms with Gasteiger partial charge in [-0.2, -0.15) is 0 Å². The van der Waals surface area contributed by atoms with Crippen LogP contribution in [0.3, 0.4) is 0 Å². The summed E-state index contributed by atoms with van der Waals surface area (Å²) in [7, 11) is 0. The number of phenolic OH excluding ortho intramolecular Hbond substituents is 1. The van der Waals surface area contributed by atoms with Crippen LogP contribution < -0.4 is 4.90 Å². The fourth-order valence-electron chi connectivity index (χ4n) is 6.02. The van der Waals surface area contributed by atoms with Crippen LogP contribution in [0.15, 0.2) is 121 Å². The van der Waals surface area contributed by atoms with E-state index in [-0.39, 0.29) is 11.4 Å². The first-order valence-corrected chi connectivity index (χ1v) is 13.5. The van der Waals surface area contributed by atoms with Crippen LogP contribution in [0.1, 0.15) is 30.5 Å². The fourth-order valence-corrected chi connectivity index (χ4v) is 6.02. The van der Waals surface area contributed by atoms with Gasteiger partial charge in [0.25, 0.3) is 5.69 Å². The normalized spacial score (nSPS) is 17.3. The first-order valence-electron chi connectivity index (χ1n) is 13.5. The monoisotopic (exact) mass is 542 g/mol. The molecule has 2 N–H and O–H groups in total. The van der Waals surface area contributed by atoms with Gasteiger partial charge in [0.05, 0.1) is 4.92 Å². The van der Waals surface area contributed by atoms with Crippen LogP contribution in [0.4, 0.5) is 11.4 Å². The zero-order chi connectivity index (χ0) is 28.8. The summed E-state index contributed by atoms with van der Waals surface area (Å²) in [5, 5.41) is 34.4. The number of non-ortho nitro benzene ring substituents is 1. The number of hydrogen-bond donors (Lipinski definition) is 2. The Bertz CT molecular complexity index is 1730. The van der Waals surface area contributed by atoms with E-state index in [9.17, 15) is 20.3 Å². The highest BCUT2D eigenvalue weighted by molar-refractivity contribution is 5.73. The molecule has 0 fully saturated rings. The van der Waals surface area contributed by atoms with Gasteiger partial charge in [0.1, 0.15) is 5.75 Å². The van der Waals surface area contributed by atoms with Crippen LogP contribution in [0.5, 0.6) is 5.75 Å². The summed E-state index contributed by atoms with van der Waals surface area (Å²) in [4.78, 5) is 12.6. The number of nitro benzene ring substituents is 1. The highest BCUT2D eigenvalue weighted by atomic mass is 16.6. The van der Waals surface area contributed by atoms with E-state index in [2.05, 4.69) is 19.9 Å².